The first kappa shape index (κ1) is 11.0. The van der Waals surface area contributed by atoms with Crippen LogP contribution in [0, 0.1) is 11.3 Å². The van der Waals surface area contributed by atoms with E-state index in [1.54, 1.807) is 6.92 Å². The highest BCUT2D eigenvalue weighted by molar-refractivity contribution is 5.73. The second-order valence-corrected chi connectivity index (χ2v) is 2.79. The third kappa shape index (κ3) is 2.68. The highest BCUT2D eigenvalue weighted by Gasteiger charge is 2.12. The number of aromatic amines is 1. The van der Waals surface area contributed by atoms with Gasteiger partial charge in [-0.15, -0.1) is 0 Å². The van der Waals surface area contributed by atoms with E-state index in [-0.39, 0.29) is 29.7 Å². The molecule has 5 nitrogen and oxygen atoms in total. The number of aromatic nitrogens is 1. The molecular formula is C10H10N2O3. The van der Waals surface area contributed by atoms with Crippen LogP contribution in [0.5, 0.6) is 0 Å². The van der Waals surface area contributed by atoms with E-state index in [0.29, 0.717) is 0 Å². The summed E-state index contributed by atoms with van der Waals surface area (Å²) in [6, 6.07) is 3.09. The summed E-state index contributed by atoms with van der Waals surface area (Å²) in [5.41, 5.74) is -0.0765. The molecule has 0 amide bonds. The maximum Gasteiger partial charge on any atom is 0.310 e. The number of carbonyl (C=O) groups is 1. The van der Waals surface area contributed by atoms with Crippen LogP contribution >= 0.6 is 0 Å². The Bertz CT molecular complexity index is 456. The molecule has 0 aliphatic heterocycles. The molecule has 0 atom stereocenters. The Hall–Kier alpha value is -2.09. The van der Waals surface area contributed by atoms with Crippen molar-refractivity contribution < 1.29 is 9.53 Å². The molecule has 0 bridgehead atoms. The van der Waals surface area contributed by atoms with Crippen molar-refractivity contribution in [1.29, 1.82) is 5.26 Å². The highest BCUT2D eigenvalue weighted by atomic mass is 16.5. The molecule has 1 heterocycles. The van der Waals surface area contributed by atoms with Crippen molar-refractivity contribution in [2.24, 2.45) is 0 Å². The average molecular weight is 206 g/mol. The normalized spacial score (nSPS) is 9.33. The third-order valence-corrected chi connectivity index (χ3v) is 1.80. The van der Waals surface area contributed by atoms with Crippen molar-refractivity contribution in [1.82, 2.24) is 4.98 Å². The number of rotatable bonds is 3. The van der Waals surface area contributed by atoms with E-state index in [4.69, 9.17) is 10.00 Å². The number of nitriles is 1. The smallest absolute Gasteiger partial charge is 0.310 e. The van der Waals surface area contributed by atoms with Gasteiger partial charge in [-0.2, -0.15) is 5.26 Å². The minimum Gasteiger partial charge on any atom is -0.466 e. The molecule has 78 valence electrons. The molecule has 1 aromatic heterocycles. The predicted molar refractivity (Wildman–Crippen MR) is 52.1 cm³/mol. The topological polar surface area (TPSA) is 82.9 Å². The van der Waals surface area contributed by atoms with Gasteiger partial charge in [-0.3, -0.25) is 9.59 Å². The summed E-state index contributed by atoms with van der Waals surface area (Å²) >= 11 is 0. The van der Waals surface area contributed by atoms with Crippen LogP contribution in [0.3, 0.4) is 0 Å². The van der Waals surface area contributed by atoms with E-state index in [1.165, 1.54) is 12.3 Å². The Balaban J connectivity index is 2.99. The molecule has 0 aromatic carbocycles. The van der Waals surface area contributed by atoms with E-state index in [9.17, 15) is 9.59 Å². The van der Waals surface area contributed by atoms with Crippen molar-refractivity contribution >= 4 is 5.97 Å². The van der Waals surface area contributed by atoms with Crippen LogP contribution in [0.4, 0.5) is 0 Å². The van der Waals surface area contributed by atoms with Gasteiger partial charge < -0.3 is 9.72 Å². The van der Waals surface area contributed by atoms with Gasteiger partial charge in [0.2, 0.25) is 0 Å². The molecule has 0 aliphatic rings. The van der Waals surface area contributed by atoms with Crippen molar-refractivity contribution in [2.75, 3.05) is 6.61 Å². The number of carbonyl (C=O) groups excluding carboxylic acids is 1. The second kappa shape index (κ2) is 4.96. The lowest BCUT2D eigenvalue weighted by molar-refractivity contribution is -0.142. The fourth-order valence-electron chi connectivity index (χ4n) is 1.14. The van der Waals surface area contributed by atoms with Gasteiger partial charge >= 0.3 is 5.97 Å². The molecule has 1 aromatic rings. The number of ether oxygens (including phenoxy) is 1. The van der Waals surface area contributed by atoms with Gasteiger partial charge in [0.1, 0.15) is 11.8 Å². The summed E-state index contributed by atoms with van der Waals surface area (Å²) in [6.07, 6.45) is 1.20. The van der Waals surface area contributed by atoms with Crippen LogP contribution in [-0.2, 0) is 16.0 Å². The van der Waals surface area contributed by atoms with E-state index < -0.39 is 5.97 Å². The largest absolute Gasteiger partial charge is 0.466 e. The van der Waals surface area contributed by atoms with Gasteiger partial charge in [0, 0.05) is 17.8 Å². The van der Waals surface area contributed by atoms with E-state index in [0.717, 1.165) is 0 Å². The quantitative estimate of drug-likeness (QED) is 0.723. The molecule has 0 spiro atoms. The average Bonchev–Trinajstić information content (AvgIpc) is 2.21. The summed E-state index contributed by atoms with van der Waals surface area (Å²) in [5, 5.41) is 8.71. The number of H-pyrrole nitrogens is 1. The first-order chi connectivity index (χ1) is 7.19. The SMILES string of the molecule is CCOC(=O)Cc1c(C#N)[nH]ccc1=O. The molecule has 0 radical (unpaired) electrons. The Morgan fingerprint density at radius 3 is 3.00 bits per heavy atom. The van der Waals surface area contributed by atoms with Crippen LogP contribution in [0.25, 0.3) is 0 Å². The maximum absolute atomic E-state index is 11.4. The Morgan fingerprint density at radius 1 is 1.67 bits per heavy atom. The summed E-state index contributed by atoms with van der Waals surface area (Å²) in [5.74, 6) is -0.509. The maximum atomic E-state index is 11.4. The van der Waals surface area contributed by atoms with Crippen molar-refractivity contribution in [2.45, 2.75) is 13.3 Å². The van der Waals surface area contributed by atoms with Gasteiger partial charge in [0.05, 0.1) is 13.0 Å². The number of hydrogen-bond acceptors (Lipinski definition) is 4. The van der Waals surface area contributed by atoms with E-state index in [2.05, 4.69) is 4.98 Å². The molecule has 0 saturated heterocycles. The molecule has 0 unspecified atom stereocenters. The number of nitrogens with zero attached hydrogens (tertiary/aromatic N) is 1. The van der Waals surface area contributed by atoms with Gasteiger partial charge in [-0.25, -0.2) is 0 Å². The fraction of sp³-hybridized carbons (Fsp3) is 0.300. The molecule has 0 aliphatic carbocycles. The Labute approximate surface area is 86.3 Å². The molecule has 1 N–H and O–H groups in total. The summed E-state index contributed by atoms with van der Waals surface area (Å²) in [6.45, 7) is 1.93. The van der Waals surface area contributed by atoms with Crippen LogP contribution in [-0.4, -0.2) is 17.6 Å². The lowest BCUT2D eigenvalue weighted by atomic mass is 10.1. The van der Waals surface area contributed by atoms with Gasteiger partial charge in [0.25, 0.3) is 0 Å². The van der Waals surface area contributed by atoms with Crippen LogP contribution in [0.1, 0.15) is 18.2 Å². The molecule has 0 fully saturated rings. The predicted octanol–water partition coefficient (Wildman–Crippen LogP) is 0.352. The third-order valence-electron chi connectivity index (χ3n) is 1.80. The summed E-state index contributed by atoms with van der Waals surface area (Å²) < 4.78 is 4.70. The molecule has 0 saturated carbocycles. The standard InChI is InChI=1S/C10H10N2O3/c1-2-15-10(14)5-7-8(6-11)12-4-3-9(7)13/h3-4H,2,5H2,1H3,(H,12,13). The zero-order valence-corrected chi connectivity index (χ0v) is 8.24. The van der Waals surface area contributed by atoms with Crippen molar-refractivity contribution in [3.63, 3.8) is 0 Å². The lowest BCUT2D eigenvalue weighted by Gasteiger charge is -2.02. The lowest BCUT2D eigenvalue weighted by Crippen LogP contribution is -2.17. The van der Waals surface area contributed by atoms with Crippen molar-refractivity contribution in [3.8, 4) is 6.07 Å². The van der Waals surface area contributed by atoms with Gasteiger partial charge in [0.15, 0.2) is 5.43 Å². The fourth-order valence-corrected chi connectivity index (χ4v) is 1.14. The monoisotopic (exact) mass is 206 g/mol. The Kier molecular flexibility index (Phi) is 3.63. The number of nitrogens with one attached hydrogen (secondary N) is 1. The first-order valence-electron chi connectivity index (χ1n) is 4.45. The number of hydrogen-bond donors (Lipinski definition) is 1. The number of pyridine rings is 1. The zero-order chi connectivity index (χ0) is 11.3. The van der Waals surface area contributed by atoms with Crippen LogP contribution in [0.15, 0.2) is 17.1 Å². The van der Waals surface area contributed by atoms with E-state index >= 15 is 0 Å². The van der Waals surface area contributed by atoms with E-state index in [1.807, 2.05) is 6.07 Å². The van der Waals surface area contributed by atoms with Gasteiger partial charge in [-0.1, -0.05) is 0 Å². The molecular weight excluding hydrogens is 196 g/mol. The highest BCUT2D eigenvalue weighted by Crippen LogP contribution is 2.00. The minimum atomic E-state index is -0.509. The van der Waals surface area contributed by atoms with Gasteiger partial charge in [-0.05, 0) is 6.92 Å². The first-order valence-corrected chi connectivity index (χ1v) is 4.45. The molecule has 15 heavy (non-hydrogen) atoms. The minimum absolute atomic E-state index is 0.107. The molecule has 5 heteroatoms. The zero-order valence-electron chi connectivity index (χ0n) is 8.24. The summed E-state index contributed by atoms with van der Waals surface area (Å²) in [7, 11) is 0. The Morgan fingerprint density at radius 2 is 2.40 bits per heavy atom. The molecule has 1 rings (SSSR count). The van der Waals surface area contributed by atoms with Crippen LogP contribution in [0.2, 0.25) is 0 Å². The second-order valence-electron chi connectivity index (χ2n) is 2.79. The van der Waals surface area contributed by atoms with Crippen molar-refractivity contribution in [3.05, 3.63) is 33.7 Å². The summed E-state index contributed by atoms with van der Waals surface area (Å²) in [4.78, 5) is 25.1. The number of esters is 1. The van der Waals surface area contributed by atoms with Crippen LogP contribution < -0.4 is 5.43 Å².